The molecule has 5 nitrogen and oxygen atoms in total. The standard InChI is InChI=1S/C25H28N4O/c1-5-17-8-12-18(13-9-17)26-23-22-20(14-25(3,4)15-21(22)30)28-24(29-23)27-19-10-6-16(2)7-11-19/h6-13H,5,14-15H2,1-4H3,(H2,26,27,28,29). The highest BCUT2D eigenvalue weighted by molar-refractivity contribution is 6.03. The number of rotatable bonds is 5. The SMILES string of the molecule is CCc1ccc(Nc2nc(Nc3ccc(C)cc3)nc3c2C(=O)CC(C)(C)C3)cc1. The summed E-state index contributed by atoms with van der Waals surface area (Å²) in [5.74, 6) is 1.16. The van der Waals surface area contributed by atoms with E-state index in [1.165, 1.54) is 11.1 Å². The zero-order valence-electron chi connectivity index (χ0n) is 18.0. The third-order valence-corrected chi connectivity index (χ3v) is 5.48. The van der Waals surface area contributed by atoms with Gasteiger partial charge in [0.15, 0.2) is 5.78 Å². The number of Topliss-reactive ketones (excluding diaryl/α,β-unsaturated/α-hetero) is 1. The van der Waals surface area contributed by atoms with E-state index in [0.29, 0.717) is 23.8 Å². The Balaban J connectivity index is 1.74. The van der Waals surface area contributed by atoms with E-state index in [-0.39, 0.29) is 11.2 Å². The lowest BCUT2D eigenvalue weighted by molar-refractivity contribution is 0.0911. The van der Waals surface area contributed by atoms with Gasteiger partial charge in [-0.05, 0) is 55.0 Å². The Labute approximate surface area is 178 Å². The lowest BCUT2D eigenvalue weighted by Gasteiger charge is -2.30. The lowest BCUT2D eigenvalue weighted by Crippen LogP contribution is -2.29. The molecule has 0 aliphatic heterocycles. The van der Waals surface area contributed by atoms with Crippen LogP contribution in [0.1, 0.15) is 54.4 Å². The number of aryl methyl sites for hydroxylation is 2. The van der Waals surface area contributed by atoms with Crippen LogP contribution in [0.4, 0.5) is 23.1 Å². The summed E-state index contributed by atoms with van der Waals surface area (Å²) in [4.78, 5) is 22.4. The maximum absolute atomic E-state index is 13.0. The number of nitrogens with zero attached hydrogens (tertiary/aromatic N) is 2. The van der Waals surface area contributed by atoms with Gasteiger partial charge < -0.3 is 10.6 Å². The first-order valence-corrected chi connectivity index (χ1v) is 10.5. The molecule has 0 spiro atoms. The zero-order valence-corrected chi connectivity index (χ0v) is 18.0. The Kier molecular flexibility index (Phi) is 5.29. The first kappa shape index (κ1) is 20.1. The highest BCUT2D eigenvalue weighted by atomic mass is 16.1. The summed E-state index contributed by atoms with van der Waals surface area (Å²) in [5, 5.41) is 6.66. The molecule has 0 unspecified atom stereocenters. The molecule has 154 valence electrons. The number of benzene rings is 2. The third-order valence-electron chi connectivity index (χ3n) is 5.48. The van der Waals surface area contributed by atoms with Crippen molar-refractivity contribution in [3.8, 4) is 0 Å². The molecule has 4 rings (SSSR count). The maximum atomic E-state index is 13.0. The van der Waals surface area contributed by atoms with Crippen LogP contribution in [-0.4, -0.2) is 15.8 Å². The molecule has 0 saturated heterocycles. The minimum Gasteiger partial charge on any atom is -0.339 e. The molecule has 0 bridgehead atoms. The van der Waals surface area contributed by atoms with Gasteiger partial charge in [0.05, 0.1) is 11.3 Å². The topological polar surface area (TPSA) is 66.9 Å². The van der Waals surface area contributed by atoms with Crippen molar-refractivity contribution < 1.29 is 4.79 Å². The Morgan fingerprint density at radius 2 is 1.53 bits per heavy atom. The van der Waals surface area contributed by atoms with E-state index < -0.39 is 0 Å². The quantitative estimate of drug-likeness (QED) is 0.551. The number of anilines is 4. The van der Waals surface area contributed by atoms with Crippen LogP contribution in [0.15, 0.2) is 48.5 Å². The Hall–Kier alpha value is -3.21. The van der Waals surface area contributed by atoms with Gasteiger partial charge in [-0.15, -0.1) is 0 Å². The van der Waals surface area contributed by atoms with Crippen molar-refractivity contribution in [2.24, 2.45) is 5.41 Å². The summed E-state index contributed by atoms with van der Waals surface area (Å²) in [6.07, 6.45) is 2.22. The van der Waals surface area contributed by atoms with Crippen molar-refractivity contribution in [2.45, 2.75) is 47.0 Å². The Morgan fingerprint density at radius 3 is 2.20 bits per heavy atom. The van der Waals surface area contributed by atoms with Crippen LogP contribution in [0.25, 0.3) is 0 Å². The number of ketones is 1. The fraction of sp³-hybridized carbons (Fsp3) is 0.320. The van der Waals surface area contributed by atoms with E-state index in [4.69, 9.17) is 4.98 Å². The van der Waals surface area contributed by atoms with Gasteiger partial charge >= 0.3 is 0 Å². The van der Waals surface area contributed by atoms with E-state index in [0.717, 1.165) is 29.9 Å². The van der Waals surface area contributed by atoms with Gasteiger partial charge in [-0.25, -0.2) is 4.98 Å². The predicted octanol–water partition coefficient (Wildman–Crippen LogP) is 5.99. The van der Waals surface area contributed by atoms with Gasteiger partial charge in [0, 0.05) is 17.8 Å². The van der Waals surface area contributed by atoms with Gasteiger partial charge in [0.1, 0.15) is 5.82 Å². The van der Waals surface area contributed by atoms with E-state index >= 15 is 0 Å². The van der Waals surface area contributed by atoms with Crippen molar-refractivity contribution in [1.29, 1.82) is 0 Å². The molecule has 1 aliphatic carbocycles. The molecule has 3 aromatic rings. The second kappa shape index (κ2) is 7.90. The fourth-order valence-corrected chi connectivity index (χ4v) is 3.84. The molecule has 0 saturated carbocycles. The van der Waals surface area contributed by atoms with E-state index in [2.05, 4.69) is 55.4 Å². The number of aromatic nitrogens is 2. The first-order valence-electron chi connectivity index (χ1n) is 10.5. The van der Waals surface area contributed by atoms with Gasteiger partial charge in [0.2, 0.25) is 5.95 Å². The average molecular weight is 401 g/mol. The van der Waals surface area contributed by atoms with Crippen LogP contribution in [0.5, 0.6) is 0 Å². The monoisotopic (exact) mass is 400 g/mol. The summed E-state index contributed by atoms with van der Waals surface area (Å²) in [5.41, 5.74) is 5.59. The number of carbonyl (C=O) groups excluding carboxylic acids is 1. The molecule has 1 aliphatic rings. The van der Waals surface area contributed by atoms with Crippen LogP contribution in [-0.2, 0) is 12.8 Å². The predicted molar refractivity (Wildman–Crippen MR) is 122 cm³/mol. The van der Waals surface area contributed by atoms with Crippen molar-refractivity contribution in [3.63, 3.8) is 0 Å². The smallest absolute Gasteiger partial charge is 0.229 e. The van der Waals surface area contributed by atoms with Crippen LogP contribution >= 0.6 is 0 Å². The third kappa shape index (κ3) is 4.35. The average Bonchev–Trinajstić information content (AvgIpc) is 2.69. The van der Waals surface area contributed by atoms with Crippen molar-refractivity contribution >= 4 is 28.9 Å². The molecule has 5 heteroatoms. The Morgan fingerprint density at radius 1 is 0.900 bits per heavy atom. The molecule has 0 atom stereocenters. The number of carbonyl (C=O) groups is 1. The van der Waals surface area contributed by atoms with E-state index in [1.807, 2.05) is 36.4 Å². The van der Waals surface area contributed by atoms with E-state index in [1.54, 1.807) is 0 Å². The van der Waals surface area contributed by atoms with Crippen LogP contribution in [0.3, 0.4) is 0 Å². The summed E-state index contributed by atoms with van der Waals surface area (Å²) in [6, 6.07) is 16.3. The normalized spacial score (nSPS) is 14.9. The van der Waals surface area contributed by atoms with Gasteiger partial charge in [0.25, 0.3) is 0 Å². The molecule has 0 amide bonds. The highest BCUT2D eigenvalue weighted by Crippen LogP contribution is 2.37. The largest absolute Gasteiger partial charge is 0.339 e. The second-order valence-electron chi connectivity index (χ2n) is 8.82. The number of hydrogen-bond donors (Lipinski definition) is 2. The number of nitrogens with one attached hydrogen (secondary N) is 2. The number of hydrogen-bond acceptors (Lipinski definition) is 5. The molecule has 2 aromatic carbocycles. The Bertz CT molecular complexity index is 1070. The zero-order chi connectivity index (χ0) is 21.3. The van der Waals surface area contributed by atoms with Gasteiger partial charge in [-0.1, -0.05) is 50.6 Å². The maximum Gasteiger partial charge on any atom is 0.229 e. The van der Waals surface area contributed by atoms with Crippen molar-refractivity contribution in [2.75, 3.05) is 10.6 Å². The van der Waals surface area contributed by atoms with Crippen molar-refractivity contribution in [1.82, 2.24) is 9.97 Å². The molecular weight excluding hydrogens is 372 g/mol. The molecule has 1 aromatic heterocycles. The minimum absolute atomic E-state index is 0.0933. The minimum atomic E-state index is -0.111. The summed E-state index contributed by atoms with van der Waals surface area (Å²) < 4.78 is 0. The van der Waals surface area contributed by atoms with Crippen LogP contribution in [0.2, 0.25) is 0 Å². The number of fused-ring (bicyclic) bond motifs is 1. The lowest BCUT2D eigenvalue weighted by atomic mass is 9.75. The van der Waals surface area contributed by atoms with Crippen LogP contribution < -0.4 is 10.6 Å². The van der Waals surface area contributed by atoms with Gasteiger partial charge in [-0.3, -0.25) is 4.79 Å². The van der Waals surface area contributed by atoms with Gasteiger partial charge in [-0.2, -0.15) is 4.98 Å². The van der Waals surface area contributed by atoms with Crippen molar-refractivity contribution in [3.05, 3.63) is 70.9 Å². The molecule has 1 heterocycles. The summed E-state index contributed by atoms with van der Waals surface area (Å²) in [7, 11) is 0. The summed E-state index contributed by atoms with van der Waals surface area (Å²) in [6.45, 7) is 8.41. The highest BCUT2D eigenvalue weighted by Gasteiger charge is 2.35. The fourth-order valence-electron chi connectivity index (χ4n) is 3.84. The van der Waals surface area contributed by atoms with E-state index in [9.17, 15) is 4.79 Å². The molecular formula is C25H28N4O. The second-order valence-corrected chi connectivity index (χ2v) is 8.82. The molecule has 2 N–H and O–H groups in total. The van der Waals surface area contributed by atoms with Crippen LogP contribution in [0, 0.1) is 12.3 Å². The first-order chi connectivity index (χ1) is 14.3. The molecule has 0 radical (unpaired) electrons. The molecule has 0 fully saturated rings. The summed E-state index contributed by atoms with van der Waals surface area (Å²) >= 11 is 0. The molecule has 30 heavy (non-hydrogen) atoms.